The summed E-state index contributed by atoms with van der Waals surface area (Å²) < 4.78 is 0. The van der Waals surface area contributed by atoms with E-state index in [1.807, 2.05) is 0 Å². The molecular weight excluding hydrogens is 258 g/mol. The maximum atomic E-state index is 3.59. The molecule has 2 aliphatic heterocycles. The Morgan fingerprint density at radius 3 is 2.33 bits per heavy atom. The molecule has 1 N–H and O–H groups in total. The smallest absolute Gasteiger partial charge is 0.0251 e. The number of likely N-dealkylation sites (tertiary alicyclic amines) is 2. The monoisotopic (exact) mass is 293 g/mol. The van der Waals surface area contributed by atoms with Gasteiger partial charge in [0.15, 0.2) is 0 Å². The van der Waals surface area contributed by atoms with E-state index in [0.29, 0.717) is 0 Å². The van der Waals surface area contributed by atoms with Crippen LogP contribution in [-0.2, 0) is 0 Å². The minimum atomic E-state index is 0.733. The van der Waals surface area contributed by atoms with Gasteiger partial charge in [-0.05, 0) is 90.0 Å². The Kier molecular flexibility index (Phi) is 5.58. The lowest BCUT2D eigenvalue weighted by atomic mass is 9.81. The van der Waals surface area contributed by atoms with Crippen LogP contribution in [0.4, 0.5) is 0 Å². The van der Waals surface area contributed by atoms with Crippen LogP contribution in [0.25, 0.3) is 0 Å². The van der Waals surface area contributed by atoms with Gasteiger partial charge in [-0.2, -0.15) is 0 Å². The van der Waals surface area contributed by atoms with E-state index in [2.05, 4.69) is 29.1 Å². The van der Waals surface area contributed by atoms with Crippen molar-refractivity contribution < 1.29 is 0 Å². The molecule has 0 bridgehead atoms. The quantitative estimate of drug-likeness (QED) is 0.859. The maximum Gasteiger partial charge on any atom is 0.0251 e. The number of likely N-dealkylation sites (N-methyl/N-ethyl adjacent to an activating group) is 1. The molecule has 3 aliphatic rings. The van der Waals surface area contributed by atoms with Gasteiger partial charge in [0.1, 0.15) is 0 Å². The third-order valence-corrected chi connectivity index (χ3v) is 6.28. The predicted octanol–water partition coefficient (Wildman–Crippen LogP) is 2.57. The van der Waals surface area contributed by atoms with E-state index in [-0.39, 0.29) is 0 Å². The predicted molar refractivity (Wildman–Crippen MR) is 89.6 cm³/mol. The average molecular weight is 293 g/mol. The van der Waals surface area contributed by atoms with Crippen LogP contribution in [-0.4, -0.2) is 61.7 Å². The minimum Gasteiger partial charge on any atom is -0.315 e. The largest absolute Gasteiger partial charge is 0.315 e. The molecule has 3 nitrogen and oxygen atoms in total. The van der Waals surface area contributed by atoms with Crippen molar-refractivity contribution in [1.29, 1.82) is 0 Å². The zero-order chi connectivity index (χ0) is 14.7. The highest BCUT2D eigenvalue weighted by atomic mass is 15.2. The molecule has 122 valence electrons. The molecule has 2 heterocycles. The van der Waals surface area contributed by atoms with Crippen LogP contribution in [0.2, 0.25) is 0 Å². The summed E-state index contributed by atoms with van der Waals surface area (Å²) in [5.74, 6) is 1.88. The molecule has 0 spiro atoms. The first-order valence-corrected chi connectivity index (χ1v) is 9.40. The third-order valence-electron chi connectivity index (χ3n) is 6.28. The second-order valence-corrected chi connectivity index (χ2v) is 7.87. The van der Waals surface area contributed by atoms with Crippen molar-refractivity contribution in [2.75, 3.05) is 39.8 Å². The fourth-order valence-electron chi connectivity index (χ4n) is 4.89. The van der Waals surface area contributed by atoms with Crippen molar-refractivity contribution in [2.24, 2.45) is 11.8 Å². The molecule has 0 amide bonds. The molecule has 0 aromatic rings. The van der Waals surface area contributed by atoms with E-state index < -0.39 is 0 Å². The van der Waals surface area contributed by atoms with Crippen molar-refractivity contribution in [2.45, 2.75) is 64.0 Å². The highest BCUT2D eigenvalue weighted by molar-refractivity contribution is 4.91. The summed E-state index contributed by atoms with van der Waals surface area (Å²) in [5, 5.41) is 3.59. The lowest BCUT2D eigenvalue weighted by molar-refractivity contribution is 0.0636. The minimum absolute atomic E-state index is 0.733. The Hall–Kier alpha value is -0.120. The Bertz CT molecular complexity index is 306. The van der Waals surface area contributed by atoms with E-state index in [1.165, 1.54) is 77.7 Å². The Balaban J connectivity index is 1.47. The van der Waals surface area contributed by atoms with Gasteiger partial charge < -0.3 is 10.2 Å². The molecule has 21 heavy (non-hydrogen) atoms. The zero-order valence-corrected chi connectivity index (χ0v) is 14.2. The Morgan fingerprint density at radius 1 is 0.952 bits per heavy atom. The molecular formula is C18H35N3. The van der Waals surface area contributed by atoms with Gasteiger partial charge in [-0.1, -0.05) is 6.92 Å². The highest BCUT2D eigenvalue weighted by Crippen LogP contribution is 2.31. The molecule has 0 aromatic carbocycles. The van der Waals surface area contributed by atoms with Crippen molar-refractivity contribution in [3.63, 3.8) is 0 Å². The summed E-state index contributed by atoms with van der Waals surface area (Å²) >= 11 is 0. The fraction of sp³-hybridized carbons (Fsp3) is 1.00. The Morgan fingerprint density at radius 2 is 1.67 bits per heavy atom. The molecule has 0 radical (unpaired) electrons. The number of piperidine rings is 1. The summed E-state index contributed by atoms with van der Waals surface area (Å²) in [6, 6.07) is 1.53. The van der Waals surface area contributed by atoms with Crippen LogP contribution < -0.4 is 5.32 Å². The fourth-order valence-corrected chi connectivity index (χ4v) is 4.89. The molecule has 3 fully saturated rings. The van der Waals surface area contributed by atoms with Gasteiger partial charge in [-0.15, -0.1) is 0 Å². The van der Waals surface area contributed by atoms with Gasteiger partial charge in [-0.3, -0.25) is 4.90 Å². The molecule has 3 heteroatoms. The normalized spacial score (nSPS) is 37.1. The number of hydrogen-bond acceptors (Lipinski definition) is 3. The van der Waals surface area contributed by atoms with Crippen LogP contribution in [0.1, 0.15) is 51.9 Å². The van der Waals surface area contributed by atoms with Crippen LogP contribution in [0.3, 0.4) is 0 Å². The summed E-state index contributed by atoms with van der Waals surface area (Å²) in [4.78, 5) is 5.52. The van der Waals surface area contributed by atoms with Crippen molar-refractivity contribution in [3.8, 4) is 0 Å². The third kappa shape index (κ3) is 4.00. The van der Waals surface area contributed by atoms with E-state index in [0.717, 1.165) is 23.9 Å². The first kappa shape index (κ1) is 15.8. The highest BCUT2D eigenvalue weighted by Gasteiger charge is 2.34. The molecule has 0 aromatic heterocycles. The van der Waals surface area contributed by atoms with Gasteiger partial charge >= 0.3 is 0 Å². The van der Waals surface area contributed by atoms with Gasteiger partial charge in [-0.25, -0.2) is 0 Å². The van der Waals surface area contributed by atoms with E-state index in [4.69, 9.17) is 0 Å². The van der Waals surface area contributed by atoms with Gasteiger partial charge in [0.2, 0.25) is 0 Å². The summed E-state index contributed by atoms with van der Waals surface area (Å²) in [5.41, 5.74) is 0. The molecule has 3 rings (SSSR count). The van der Waals surface area contributed by atoms with E-state index in [1.54, 1.807) is 0 Å². The first-order chi connectivity index (χ1) is 10.3. The molecule has 3 atom stereocenters. The van der Waals surface area contributed by atoms with Gasteiger partial charge in [0, 0.05) is 18.6 Å². The SMILES string of the molecule is CNC1CCC(C)CC1N1CCC(CN2CCCC2)CC1. The summed E-state index contributed by atoms with van der Waals surface area (Å²) in [6.07, 6.45) is 9.91. The number of nitrogens with zero attached hydrogens (tertiary/aromatic N) is 2. The second-order valence-electron chi connectivity index (χ2n) is 7.87. The van der Waals surface area contributed by atoms with Crippen LogP contribution in [0.5, 0.6) is 0 Å². The van der Waals surface area contributed by atoms with Crippen molar-refractivity contribution in [3.05, 3.63) is 0 Å². The first-order valence-electron chi connectivity index (χ1n) is 9.40. The van der Waals surface area contributed by atoms with Gasteiger partial charge in [0.05, 0.1) is 0 Å². The van der Waals surface area contributed by atoms with E-state index >= 15 is 0 Å². The maximum absolute atomic E-state index is 3.59. The van der Waals surface area contributed by atoms with Crippen LogP contribution in [0, 0.1) is 11.8 Å². The van der Waals surface area contributed by atoms with Crippen molar-refractivity contribution in [1.82, 2.24) is 15.1 Å². The van der Waals surface area contributed by atoms with Gasteiger partial charge in [0.25, 0.3) is 0 Å². The Labute approximate surface area is 131 Å². The lowest BCUT2D eigenvalue weighted by Gasteiger charge is -2.45. The molecule has 2 saturated heterocycles. The van der Waals surface area contributed by atoms with Crippen LogP contribution >= 0.6 is 0 Å². The van der Waals surface area contributed by atoms with Crippen molar-refractivity contribution >= 4 is 0 Å². The molecule has 1 aliphatic carbocycles. The second kappa shape index (κ2) is 7.43. The number of rotatable bonds is 4. The molecule has 1 saturated carbocycles. The average Bonchev–Trinajstić information content (AvgIpc) is 3.01. The number of hydrogen-bond donors (Lipinski definition) is 1. The zero-order valence-electron chi connectivity index (χ0n) is 14.2. The topological polar surface area (TPSA) is 18.5 Å². The summed E-state index contributed by atoms with van der Waals surface area (Å²) in [6.45, 7) is 9.23. The van der Waals surface area contributed by atoms with Crippen LogP contribution in [0.15, 0.2) is 0 Å². The summed E-state index contributed by atoms with van der Waals surface area (Å²) in [7, 11) is 2.16. The lowest BCUT2D eigenvalue weighted by Crippen LogP contribution is -2.54. The number of nitrogens with one attached hydrogen (secondary N) is 1. The standard InChI is InChI=1S/C18H35N3/c1-15-5-6-17(19-2)18(13-15)21-11-7-16(8-12-21)14-20-9-3-4-10-20/h15-19H,3-14H2,1-2H3. The molecule has 3 unspecified atom stereocenters. The van der Waals surface area contributed by atoms with E-state index in [9.17, 15) is 0 Å².